The van der Waals surface area contributed by atoms with Crippen molar-refractivity contribution < 1.29 is 14.4 Å². The molecule has 2 saturated heterocycles. The summed E-state index contributed by atoms with van der Waals surface area (Å²) in [5.74, 6) is -0.498. The Hall–Kier alpha value is -3.49. The molecule has 2 heterocycles. The van der Waals surface area contributed by atoms with Crippen LogP contribution >= 0.6 is 15.9 Å². The molecule has 3 aromatic carbocycles. The summed E-state index contributed by atoms with van der Waals surface area (Å²) in [5, 5.41) is 0. The first-order valence-electron chi connectivity index (χ1n) is 13.4. The maximum Gasteiger partial charge on any atom is 0.328 e. The molecular weight excluding hydrogens is 556 g/mol. The number of nitrogens with zero attached hydrogens (tertiary/aromatic N) is 3. The number of carbonyl (C=O) groups is 3. The van der Waals surface area contributed by atoms with Gasteiger partial charge in [-0.25, -0.2) is 4.79 Å². The summed E-state index contributed by atoms with van der Waals surface area (Å²) < 4.78 is 0.956. The van der Waals surface area contributed by atoms with Crippen molar-refractivity contribution >= 4 is 33.8 Å². The predicted molar refractivity (Wildman–Crippen MR) is 154 cm³/mol. The lowest BCUT2D eigenvalue weighted by molar-refractivity contribution is -0.136. The van der Waals surface area contributed by atoms with Crippen LogP contribution in [0.1, 0.15) is 46.3 Å². The van der Waals surface area contributed by atoms with Gasteiger partial charge in [0.2, 0.25) is 5.91 Å². The standard InChI is InChI=1S/C31H33BrN4O3/c32-26-14-12-24(13-15-26)21-35-29(38)31(36(30(35)39)22-23-7-2-1-3-8-23)16-19-34(20-17-31)18-6-10-25-9-4-5-11-27(25)28(33)37/h1-5,7-9,11-15H,6,10,16-22H2,(H2,33,37). The quantitative estimate of drug-likeness (QED) is 0.357. The average molecular weight is 590 g/mol. The molecule has 0 bridgehead atoms. The Kier molecular flexibility index (Phi) is 8.14. The maximum atomic E-state index is 14.0. The molecule has 2 fully saturated rings. The molecule has 202 valence electrons. The van der Waals surface area contributed by atoms with Gasteiger partial charge in [-0.3, -0.25) is 14.5 Å². The summed E-state index contributed by atoms with van der Waals surface area (Å²) in [6, 6.07) is 24.9. The fraction of sp³-hybridized carbons (Fsp3) is 0.323. The van der Waals surface area contributed by atoms with Gasteiger partial charge in [0.15, 0.2) is 0 Å². The SMILES string of the molecule is NC(=O)c1ccccc1CCCN1CCC2(CC1)C(=O)N(Cc1ccc(Br)cc1)C(=O)N2Cc1ccccc1. The van der Waals surface area contributed by atoms with E-state index in [0.29, 0.717) is 24.9 Å². The van der Waals surface area contributed by atoms with Crippen LogP contribution in [0.4, 0.5) is 4.79 Å². The molecule has 7 nitrogen and oxygen atoms in total. The Bertz CT molecular complexity index is 1340. The number of rotatable bonds is 9. The van der Waals surface area contributed by atoms with Crippen molar-refractivity contribution in [2.75, 3.05) is 19.6 Å². The third kappa shape index (κ3) is 5.77. The molecule has 2 aliphatic rings. The highest BCUT2D eigenvalue weighted by Crippen LogP contribution is 2.39. The predicted octanol–water partition coefficient (Wildman–Crippen LogP) is 4.98. The van der Waals surface area contributed by atoms with E-state index in [-0.39, 0.29) is 18.5 Å². The van der Waals surface area contributed by atoms with E-state index in [2.05, 4.69) is 20.8 Å². The zero-order valence-electron chi connectivity index (χ0n) is 21.9. The average Bonchev–Trinajstić information content (AvgIpc) is 3.13. The van der Waals surface area contributed by atoms with Crippen LogP contribution in [0.25, 0.3) is 0 Å². The molecule has 3 aromatic rings. The molecule has 2 N–H and O–H groups in total. The Balaban J connectivity index is 1.29. The first kappa shape index (κ1) is 27.1. The molecule has 8 heteroatoms. The molecule has 5 rings (SSSR count). The Labute approximate surface area is 237 Å². The van der Waals surface area contributed by atoms with Crippen LogP contribution in [0.5, 0.6) is 0 Å². The number of primary amides is 1. The third-order valence-electron chi connectivity index (χ3n) is 7.95. The molecular formula is C31H33BrN4O3. The van der Waals surface area contributed by atoms with Crippen molar-refractivity contribution in [1.29, 1.82) is 0 Å². The lowest BCUT2D eigenvalue weighted by Crippen LogP contribution is -2.56. The topological polar surface area (TPSA) is 87.0 Å². The third-order valence-corrected chi connectivity index (χ3v) is 8.47. The number of hydrogen-bond acceptors (Lipinski definition) is 4. The van der Waals surface area contributed by atoms with Crippen LogP contribution in [0.2, 0.25) is 0 Å². The Morgan fingerprint density at radius 3 is 2.18 bits per heavy atom. The fourth-order valence-electron chi connectivity index (χ4n) is 5.78. The number of hydrogen-bond donors (Lipinski definition) is 1. The van der Waals surface area contributed by atoms with E-state index in [1.807, 2.05) is 77.7 Å². The second kappa shape index (κ2) is 11.7. The molecule has 0 atom stereocenters. The second-order valence-corrected chi connectivity index (χ2v) is 11.3. The van der Waals surface area contributed by atoms with Gasteiger partial charge in [-0.05, 0) is 67.1 Å². The van der Waals surface area contributed by atoms with Gasteiger partial charge in [0.1, 0.15) is 5.54 Å². The normalized spacial score (nSPS) is 17.3. The highest BCUT2D eigenvalue weighted by Gasteiger charge is 2.57. The molecule has 4 amide bonds. The smallest absolute Gasteiger partial charge is 0.328 e. The summed E-state index contributed by atoms with van der Waals surface area (Å²) in [6.45, 7) is 2.99. The molecule has 1 spiro atoms. The Morgan fingerprint density at radius 2 is 1.49 bits per heavy atom. The monoisotopic (exact) mass is 588 g/mol. The zero-order valence-corrected chi connectivity index (χ0v) is 23.5. The molecule has 0 radical (unpaired) electrons. The van der Waals surface area contributed by atoms with E-state index in [1.54, 1.807) is 6.07 Å². The molecule has 39 heavy (non-hydrogen) atoms. The number of piperidine rings is 1. The molecule has 0 unspecified atom stereocenters. The van der Waals surface area contributed by atoms with E-state index in [9.17, 15) is 14.4 Å². The number of carbonyl (C=O) groups excluding carboxylic acids is 3. The minimum atomic E-state index is -0.836. The number of benzene rings is 3. The van der Waals surface area contributed by atoms with E-state index >= 15 is 0 Å². The lowest BCUT2D eigenvalue weighted by atomic mass is 9.85. The summed E-state index contributed by atoms with van der Waals surface area (Å²) in [5.41, 5.74) is 8.18. The lowest BCUT2D eigenvalue weighted by Gasteiger charge is -2.42. The second-order valence-electron chi connectivity index (χ2n) is 10.4. The number of nitrogens with two attached hydrogens (primary N) is 1. The van der Waals surface area contributed by atoms with Gasteiger partial charge < -0.3 is 15.5 Å². The van der Waals surface area contributed by atoms with Crippen LogP contribution in [0, 0.1) is 0 Å². The minimum Gasteiger partial charge on any atom is -0.366 e. The van der Waals surface area contributed by atoms with E-state index in [1.165, 1.54) is 4.90 Å². The van der Waals surface area contributed by atoms with Gasteiger partial charge in [0.25, 0.3) is 5.91 Å². The number of urea groups is 1. The number of imide groups is 1. The summed E-state index contributed by atoms with van der Waals surface area (Å²) in [7, 11) is 0. The largest absolute Gasteiger partial charge is 0.366 e. The molecule has 0 aromatic heterocycles. The van der Waals surface area contributed by atoms with Crippen LogP contribution in [-0.2, 0) is 24.3 Å². The summed E-state index contributed by atoms with van der Waals surface area (Å²) in [4.78, 5) is 45.0. The van der Waals surface area contributed by atoms with Crippen molar-refractivity contribution in [3.05, 3.63) is 106 Å². The molecule has 0 aliphatic carbocycles. The summed E-state index contributed by atoms with van der Waals surface area (Å²) in [6.07, 6.45) is 2.84. The van der Waals surface area contributed by atoms with E-state index in [4.69, 9.17) is 5.73 Å². The fourth-order valence-corrected chi connectivity index (χ4v) is 6.05. The number of likely N-dealkylation sites (tertiary alicyclic amines) is 1. The highest BCUT2D eigenvalue weighted by molar-refractivity contribution is 9.10. The number of aryl methyl sites for hydroxylation is 1. The van der Waals surface area contributed by atoms with Crippen molar-refractivity contribution in [1.82, 2.24) is 14.7 Å². The molecule has 2 aliphatic heterocycles. The van der Waals surface area contributed by atoms with Crippen LogP contribution in [0.3, 0.4) is 0 Å². The van der Waals surface area contributed by atoms with Crippen molar-refractivity contribution in [2.45, 2.75) is 44.3 Å². The van der Waals surface area contributed by atoms with Gasteiger partial charge in [-0.2, -0.15) is 0 Å². The van der Waals surface area contributed by atoms with Gasteiger partial charge in [0.05, 0.1) is 6.54 Å². The number of halogens is 1. The van der Waals surface area contributed by atoms with Crippen molar-refractivity contribution in [3.63, 3.8) is 0 Å². The van der Waals surface area contributed by atoms with Gasteiger partial charge in [0, 0.05) is 29.7 Å². The maximum absolute atomic E-state index is 14.0. The van der Waals surface area contributed by atoms with Crippen LogP contribution in [0.15, 0.2) is 83.3 Å². The molecule has 0 saturated carbocycles. The summed E-state index contributed by atoms with van der Waals surface area (Å²) >= 11 is 3.45. The number of amides is 4. The van der Waals surface area contributed by atoms with Crippen LogP contribution in [-0.4, -0.2) is 57.7 Å². The first-order chi connectivity index (χ1) is 18.9. The first-order valence-corrected chi connectivity index (χ1v) is 14.2. The van der Waals surface area contributed by atoms with Crippen molar-refractivity contribution in [2.24, 2.45) is 5.73 Å². The van der Waals surface area contributed by atoms with Gasteiger partial charge in [-0.15, -0.1) is 0 Å². The van der Waals surface area contributed by atoms with Gasteiger partial charge in [-0.1, -0.05) is 76.6 Å². The highest BCUT2D eigenvalue weighted by atomic mass is 79.9. The Morgan fingerprint density at radius 1 is 0.846 bits per heavy atom. The van der Waals surface area contributed by atoms with Crippen LogP contribution < -0.4 is 5.73 Å². The van der Waals surface area contributed by atoms with Gasteiger partial charge >= 0.3 is 6.03 Å². The minimum absolute atomic E-state index is 0.0959. The van der Waals surface area contributed by atoms with Crippen molar-refractivity contribution in [3.8, 4) is 0 Å². The zero-order chi connectivity index (χ0) is 27.4. The van der Waals surface area contributed by atoms with E-state index in [0.717, 1.165) is 53.6 Å². The van der Waals surface area contributed by atoms with E-state index < -0.39 is 11.4 Å².